The molecule has 2 heterocycles. The third-order valence-corrected chi connectivity index (χ3v) is 8.27. The van der Waals surface area contributed by atoms with Crippen molar-refractivity contribution in [1.29, 1.82) is 0 Å². The average molecular weight is 592 g/mol. The minimum Gasteiger partial charge on any atom is -0.367 e. The molecule has 1 saturated carbocycles. The molecule has 1 unspecified atom stereocenters. The van der Waals surface area contributed by atoms with E-state index in [1.54, 1.807) is 35.2 Å². The van der Waals surface area contributed by atoms with E-state index in [1.165, 1.54) is 12.5 Å². The lowest BCUT2D eigenvalue weighted by molar-refractivity contribution is -0.126. The van der Waals surface area contributed by atoms with Crippen LogP contribution < -0.4 is 15.8 Å². The quantitative estimate of drug-likeness (QED) is 0.444. The Labute approximate surface area is 226 Å². The number of carbonyl (C=O) groups excluding carboxylic acids is 2. The van der Waals surface area contributed by atoms with Gasteiger partial charge in [0, 0.05) is 53.3 Å². The summed E-state index contributed by atoms with van der Waals surface area (Å²) in [6.45, 7) is 1.71. The first kappa shape index (κ1) is 25.1. The van der Waals surface area contributed by atoms with Crippen LogP contribution in [0.3, 0.4) is 0 Å². The number of halogens is 3. The molecule has 1 aliphatic heterocycles. The lowest BCUT2D eigenvalue weighted by Gasteiger charge is -2.42. The van der Waals surface area contributed by atoms with Crippen LogP contribution in [-0.2, 0) is 4.79 Å². The van der Waals surface area contributed by atoms with E-state index < -0.39 is 6.04 Å². The number of aromatic amines is 1. The van der Waals surface area contributed by atoms with Crippen molar-refractivity contribution >= 4 is 67.5 Å². The molecular weight excluding hydrogens is 567 g/mol. The second-order valence-corrected chi connectivity index (χ2v) is 11.1. The highest BCUT2D eigenvalue weighted by Gasteiger charge is 2.37. The van der Waals surface area contributed by atoms with Crippen LogP contribution in [0, 0.1) is 5.92 Å². The van der Waals surface area contributed by atoms with Gasteiger partial charge in [-0.15, -0.1) is 0 Å². The Bertz CT molecular complexity index is 1390. The summed E-state index contributed by atoms with van der Waals surface area (Å²) in [7, 11) is 0. The third kappa shape index (κ3) is 5.12. The van der Waals surface area contributed by atoms with Crippen molar-refractivity contribution in [3.8, 4) is 0 Å². The molecule has 1 aromatic heterocycles. The zero-order chi connectivity index (χ0) is 25.4. The Balaban J connectivity index is 1.47. The number of nitrogens with one attached hydrogen (secondary N) is 2. The number of hydrogen-bond donors (Lipinski definition) is 2. The smallest absolute Gasteiger partial charge is 0.255 e. The predicted molar refractivity (Wildman–Crippen MR) is 146 cm³/mol. The Morgan fingerprint density at radius 1 is 1.06 bits per heavy atom. The summed E-state index contributed by atoms with van der Waals surface area (Å²) in [5.74, 6) is -0.0565. The maximum absolute atomic E-state index is 13.9. The fourth-order valence-corrected chi connectivity index (χ4v) is 5.44. The molecule has 1 aliphatic carbocycles. The van der Waals surface area contributed by atoms with Crippen LogP contribution >= 0.6 is 39.1 Å². The number of piperazine rings is 1. The average Bonchev–Trinajstić information content (AvgIpc) is 2.83. The Morgan fingerprint density at radius 2 is 1.86 bits per heavy atom. The van der Waals surface area contributed by atoms with Gasteiger partial charge in [0.25, 0.3) is 5.91 Å². The maximum Gasteiger partial charge on any atom is 0.255 e. The number of anilines is 1. The van der Waals surface area contributed by atoms with Gasteiger partial charge in [-0.2, -0.15) is 0 Å². The van der Waals surface area contributed by atoms with Gasteiger partial charge in [-0.1, -0.05) is 45.6 Å². The minimum absolute atomic E-state index is 0.199. The van der Waals surface area contributed by atoms with Gasteiger partial charge in [-0.05, 0) is 55.2 Å². The molecular formula is C26H25BrCl2N4O3. The number of hydrogen-bond acceptors (Lipinski definition) is 4. The fraction of sp³-hybridized carbons (Fsp3) is 0.346. The topological polar surface area (TPSA) is 85.5 Å². The molecule has 2 aliphatic rings. The highest BCUT2D eigenvalue weighted by atomic mass is 79.9. The first-order valence-electron chi connectivity index (χ1n) is 11.9. The van der Waals surface area contributed by atoms with Gasteiger partial charge in [0.15, 0.2) is 0 Å². The standard InChI is InChI=1S/C26H25BrCl2N4O3/c27-16-4-7-22-18(10-16)19(12-24(34)31-22)26(36)33-9-8-32(17-5-6-20(28)21(29)11-17)14-23(33)25(35)30-13-15-2-1-3-15/h4-7,10-12,15,23H,1-3,8-9,13-14H2,(H,30,35)(H,31,34). The van der Waals surface area contributed by atoms with E-state index in [0.29, 0.717) is 53.0 Å². The first-order chi connectivity index (χ1) is 17.3. The third-order valence-electron chi connectivity index (χ3n) is 7.04. The van der Waals surface area contributed by atoms with E-state index in [9.17, 15) is 14.4 Å². The van der Waals surface area contributed by atoms with Crippen molar-refractivity contribution in [3.05, 3.63) is 72.9 Å². The van der Waals surface area contributed by atoms with E-state index in [-0.39, 0.29) is 22.9 Å². The Morgan fingerprint density at radius 3 is 2.58 bits per heavy atom. The molecule has 0 bridgehead atoms. The highest BCUT2D eigenvalue weighted by Crippen LogP contribution is 2.30. The molecule has 7 nitrogen and oxygen atoms in total. The zero-order valence-corrected chi connectivity index (χ0v) is 22.5. The summed E-state index contributed by atoms with van der Waals surface area (Å²) in [5, 5.41) is 4.56. The molecule has 10 heteroatoms. The summed E-state index contributed by atoms with van der Waals surface area (Å²) in [4.78, 5) is 46.0. The second-order valence-electron chi connectivity index (χ2n) is 9.34. The molecule has 1 saturated heterocycles. The molecule has 5 rings (SSSR count). The number of amides is 2. The Hall–Kier alpha value is -2.55. The number of rotatable bonds is 5. The monoisotopic (exact) mass is 590 g/mol. The summed E-state index contributed by atoms with van der Waals surface area (Å²) in [5.41, 5.74) is 1.30. The van der Waals surface area contributed by atoms with Crippen molar-refractivity contribution < 1.29 is 9.59 Å². The van der Waals surface area contributed by atoms with E-state index in [0.717, 1.165) is 23.0 Å². The van der Waals surface area contributed by atoms with E-state index in [4.69, 9.17) is 23.2 Å². The van der Waals surface area contributed by atoms with E-state index in [1.807, 2.05) is 11.0 Å². The zero-order valence-electron chi connectivity index (χ0n) is 19.4. The summed E-state index contributed by atoms with van der Waals surface area (Å²) in [6, 6.07) is 11.3. The largest absolute Gasteiger partial charge is 0.367 e. The van der Waals surface area contributed by atoms with Crippen LogP contribution in [0.15, 0.2) is 51.7 Å². The molecule has 0 radical (unpaired) electrons. The van der Waals surface area contributed by atoms with Crippen LogP contribution in [0.4, 0.5) is 5.69 Å². The van der Waals surface area contributed by atoms with E-state index >= 15 is 0 Å². The summed E-state index contributed by atoms with van der Waals surface area (Å²) in [6.07, 6.45) is 3.40. The van der Waals surface area contributed by atoms with Gasteiger partial charge in [-0.3, -0.25) is 14.4 Å². The molecule has 2 N–H and O–H groups in total. The van der Waals surface area contributed by atoms with Crippen LogP contribution in [0.5, 0.6) is 0 Å². The molecule has 2 aromatic carbocycles. The molecule has 3 aromatic rings. The van der Waals surface area contributed by atoms with Crippen LogP contribution in [0.1, 0.15) is 29.6 Å². The van der Waals surface area contributed by atoms with Crippen molar-refractivity contribution in [2.24, 2.45) is 5.92 Å². The number of fused-ring (bicyclic) bond motifs is 1. The Kier molecular flexibility index (Phi) is 7.28. The number of aromatic nitrogens is 1. The van der Waals surface area contributed by atoms with Crippen molar-refractivity contribution in [2.45, 2.75) is 25.3 Å². The van der Waals surface area contributed by atoms with Gasteiger partial charge in [0.05, 0.1) is 15.6 Å². The van der Waals surface area contributed by atoms with Gasteiger partial charge >= 0.3 is 0 Å². The second kappa shape index (κ2) is 10.4. The number of nitrogens with zero attached hydrogens (tertiary/aromatic N) is 2. The van der Waals surface area contributed by atoms with Gasteiger partial charge < -0.3 is 20.1 Å². The number of carbonyl (C=O) groups is 2. The van der Waals surface area contributed by atoms with Crippen LogP contribution in [-0.4, -0.2) is 53.9 Å². The van der Waals surface area contributed by atoms with Crippen molar-refractivity contribution in [1.82, 2.24) is 15.2 Å². The molecule has 0 spiro atoms. The normalized spacial score (nSPS) is 18.2. The van der Waals surface area contributed by atoms with E-state index in [2.05, 4.69) is 26.2 Å². The van der Waals surface area contributed by atoms with Gasteiger partial charge in [-0.25, -0.2) is 0 Å². The van der Waals surface area contributed by atoms with Crippen LogP contribution in [0.25, 0.3) is 10.9 Å². The summed E-state index contributed by atoms with van der Waals surface area (Å²) < 4.78 is 0.787. The summed E-state index contributed by atoms with van der Waals surface area (Å²) >= 11 is 15.8. The first-order valence-corrected chi connectivity index (χ1v) is 13.5. The highest BCUT2D eigenvalue weighted by molar-refractivity contribution is 9.10. The van der Waals surface area contributed by atoms with Crippen LogP contribution in [0.2, 0.25) is 10.0 Å². The molecule has 36 heavy (non-hydrogen) atoms. The van der Waals surface area contributed by atoms with Gasteiger partial charge in [0.2, 0.25) is 11.5 Å². The lowest BCUT2D eigenvalue weighted by Crippen LogP contribution is -2.61. The number of H-pyrrole nitrogens is 1. The SMILES string of the molecule is O=C(NCC1CCC1)C1CN(c2ccc(Cl)c(Cl)c2)CCN1C(=O)c1cc(=O)[nH]c2ccc(Br)cc12. The molecule has 2 fully saturated rings. The maximum atomic E-state index is 13.9. The number of benzene rings is 2. The predicted octanol–water partition coefficient (Wildman–Crippen LogP) is 4.84. The van der Waals surface area contributed by atoms with Crippen molar-refractivity contribution in [2.75, 3.05) is 31.1 Å². The molecule has 2 amide bonds. The van der Waals surface area contributed by atoms with Crippen molar-refractivity contribution in [3.63, 3.8) is 0 Å². The fourth-order valence-electron chi connectivity index (χ4n) is 4.78. The number of pyridine rings is 1. The molecule has 1 atom stereocenters. The molecule has 188 valence electrons. The lowest BCUT2D eigenvalue weighted by atomic mass is 9.85. The minimum atomic E-state index is -0.734. The van der Waals surface area contributed by atoms with Gasteiger partial charge in [0.1, 0.15) is 6.04 Å².